The van der Waals surface area contributed by atoms with Crippen LogP contribution in [0.5, 0.6) is 0 Å². The van der Waals surface area contributed by atoms with E-state index in [0.29, 0.717) is 0 Å². The minimum absolute atomic E-state index is 0. The summed E-state index contributed by atoms with van der Waals surface area (Å²) in [5.74, 6) is 0. The Morgan fingerprint density at radius 3 is 1.14 bits per heavy atom. The molecule has 47 valence electrons. The predicted octanol–water partition coefficient (Wildman–Crippen LogP) is -0.934. The topological polar surface area (TPSA) is 77.8 Å². The third-order valence-corrected chi connectivity index (χ3v) is 0. The molecule has 0 unspecified atom stereocenters. The first-order valence-electron chi connectivity index (χ1n) is 0.783. The summed E-state index contributed by atoms with van der Waals surface area (Å²) in [4.78, 5) is 21.6. The van der Waals surface area contributed by atoms with Gasteiger partial charge < -0.3 is 14.7 Å². The summed E-state index contributed by atoms with van der Waals surface area (Å²) < 4.78 is 8.88. The van der Waals surface area contributed by atoms with Crippen molar-refractivity contribution >= 4 is 7.82 Å². The van der Waals surface area contributed by atoms with Crippen LogP contribution in [-0.2, 0) is 48.7 Å². The molecule has 7 heteroatoms. The number of rotatable bonds is 0. The second-order valence-electron chi connectivity index (χ2n) is 0.513. The smallest absolute Gasteiger partial charge is 0.303 e. The second-order valence-corrected chi connectivity index (χ2v) is 1.54. The molecule has 0 amide bonds. The summed E-state index contributed by atoms with van der Waals surface area (Å²) in [6, 6.07) is 0. The van der Waals surface area contributed by atoms with Gasteiger partial charge in [0.25, 0.3) is 0 Å². The molecule has 1 radical (unpaired) electrons. The van der Waals surface area contributed by atoms with Gasteiger partial charge in [-0.3, -0.25) is 0 Å². The third-order valence-electron chi connectivity index (χ3n) is 0. The number of hydrogen-bond acceptors (Lipinski definition) is 1. The fourth-order valence-corrected chi connectivity index (χ4v) is 0. The Labute approximate surface area is 70.9 Å². The van der Waals surface area contributed by atoms with E-state index in [9.17, 15) is 0 Å². The van der Waals surface area contributed by atoms with Gasteiger partial charge in [-0.05, 0) is 0 Å². The minimum atomic E-state index is -4.64. The molecule has 0 aliphatic rings. The van der Waals surface area contributed by atoms with Gasteiger partial charge in [0.05, 0.1) is 0 Å². The van der Waals surface area contributed by atoms with E-state index in [1.54, 1.807) is 0 Å². The molecule has 0 bridgehead atoms. The Bertz CT molecular complexity index is 57.8. The van der Waals surface area contributed by atoms with Crippen molar-refractivity contribution < 1.29 is 63.3 Å². The first-order chi connectivity index (χ1) is 2.00. The Hall–Kier alpha value is 1.56. The van der Waals surface area contributed by atoms with E-state index in [1.165, 1.54) is 0 Å². The van der Waals surface area contributed by atoms with Crippen LogP contribution in [0.2, 0.25) is 0 Å². The van der Waals surface area contributed by atoms with Crippen molar-refractivity contribution in [3.8, 4) is 0 Å². The van der Waals surface area contributed by atoms with Gasteiger partial charge in [-0.25, -0.2) is 4.57 Å². The maximum absolute atomic E-state index is 8.88. The average molecular weight is 254 g/mol. The Morgan fingerprint density at radius 1 is 1.14 bits per heavy atom. The summed E-state index contributed by atoms with van der Waals surface area (Å²) in [5.41, 5.74) is 0. The van der Waals surface area contributed by atoms with Crippen molar-refractivity contribution in [1.82, 2.24) is 0 Å². The van der Waals surface area contributed by atoms with Gasteiger partial charge in [0, 0.05) is 44.1 Å². The van der Waals surface area contributed by atoms with E-state index in [2.05, 4.69) is 0 Å². The third kappa shape index (κ3) is 95.7. The van der Waals surface area contributed by atoms with E-state index >= 15 is 0 Å². The zero-order chi connectivity index (χ0) is 4.50. The molecule has 0 spiro atoms. The van der Waals surface area contributed by atoms with Crippen LogP contribution >= 0.6 is 7.82 Å². The fourth-order valence-electron chi connectivity index (χ4n) is 0. The molecule has 7 heavy (non-hydrogen) atoms. The largest absolute Gasteiger partial charge is 0.466 e. The van der Waals surface area contributed by atoms with Gasteiger partial charge in [0.15, 0.2) is 0 Å². The first kappa shape index (κ1) is 15.8. The van der Waals surface area contributed by atoms with E-state index in [4.69, 9.17) is 19.2 Å². The van der Waals surface area contributed by atoms with Crippen molar-refractivity contribution in [1.29, 1.82) is 0 Å². The normalized spacial score (nSPS) is 8.43. The summed E-state index contributed by atoms with van der Waals surface area (Å²) in [6.45, 7) is 0. The summed E-state index contributed by atoms with van der Waals surface area (Å²) >= 11 is 0. The van der Waals surface area contributed by atoms with E-state index < -0.39 is 7.82 Å². The van der Waals surface area contributed by atoms with Crippen LogP contribution in [-0.4, -0.2) is 14.7 Å². The standard InChI is InChI=1S/Ag.H3O4P.Ti/c;1-5(2,3)4;/h;(H3,1,2,3,4);. The molecule has 0 aromatic carbocycles. The molecule has 0 saturated carbocycles. The van der Waals surface area contributed by atoms with Crippen LogP contribution in [0.3, 0.4) is 0 Å². The van der Waals surface area contributed by atoms with Gasteiger partial charge in [-0.15, -0.1) is 0 Å². The van der Waals surface area contributed by atoms with Crippen molar-refractivity contribution in [2.45, 2.75) is 0 Å². The monoisotopic (exact) mass is 253 g/mol. The van der Waals surface area contributed by atoms with E-state index in [1.807, 2.05) is 0 Å². The molecule has 0 aromatic rings. The van der Waals surface area contributed by atoms with Gasteiger partial charge in [-0.2, -0.15) is 0 Å². The van der Waals surface area contributed by atoms with Crippen molar-refractivity contribution in [3.05, 3.63) is 0 Å². The molecule has 3 N–H and O–H groups in total. The zero-order valence-electron chi connectivity index (χ0n) is 3.00. The van der Waals surface area contributed by atoms with E-state index in [-0.39, 0.29) is 44.1 Å². The maximum Gasteiger partial charge on any atom is 0.466 e. The van der Waals surface area contributed by atoms with Crippen molar-refractivity contribution in [2.75, 3.05) is 0 Å². The van der Waals surface area contributed by atoms with Crippen LogP contribution in [0.1, 0.15) is 0 Å². The van der Waals surface area contributed by atoms with Crippen LogP contribution in [0, 0.1) is 0 Å². The molecule has 0 aliphatic carbocycles. The molecule has 4 nitrogen and oxygen atoms in total. The SMILES string of the molecule is O=P(O)(O)O.[Ag].[Ti]. The number of phosphoric acid groups is 1. The quantitative estimate of drug-likeness (QED) is 0.385. The van der Waals surface area contributed by atoms with Gasteiger partial charge in [0.1, 0.15) is 0 Å². The molecule has 0 rings (SSSR count). The van der Waals surface area contributed by atoms with Crippen molar-refractivity contribution in [2.24, 2.45) is 0 Å². The summed E-state index contributed by atoms with van der Waals surface area (Å²) in [7, 11) is -4.64. The summed E-state index contributed by atoms with van der Waals surface area (Å²) in [5, 5.41) is 0. The van der Waals surface area contributed by atoms with Crippen LogP contribution in [0.25, 0.3) is 0 Å². The average Bonchev–Trinajstić information content (AvgIpc) is 0.722. The molecular formula is H3AgO4PTi. The maximum atomic E-state index is 8.88. The zero-order valence-corrected chi connectivity index (χ0v) is 6.94. The Balaban J connectivity index is -0.0000000800. The van der Waals surface area contributed by atoms with Gasteiger partial charge >= 0.3 is 7.82 Å². The van der Waals surface area contributed by atoms with E-state index in [0.717, 1.165) is 0 Å². The minimum Gasteiger partial charge on any atom is -0.303 e. The predicted molar refractivity (Wildman–Crippen MR) is 14.3 cm³/mol. The van der Waals surface area contributed by atoms with Crippen LogP contribution in [0.4, 0.5) is 0 Å². The Kier molecular flexibility index (Phi) is 12.9. The molecule has 0 atom stereocenters. The van der Waals surface area contributed by atoms with Gasteiger partial charge in [0.2, 0.25) is 0 Å². The summed E-state index contributed by atoms with van der Waals surface area (Å²) in [6.07, 6.45) is 0. The fraction of sp³-hybridized carbons (Fsp3) is 0. The van der Waals surface area contributed by atoms with Crippen LogP contribution < -0.4 is 0 Å². The molecule has 0 aliphatic heterocycles. The first-order valence-corrected chi connectivity index (χ1v) is 2.35. The molecule has 0 aromatic heterocycles. The Morgan fingerprint density at radius 2 is 1.14 bits per heavy atom. The second kappa shape index (κ2) is 5.70. The molecular weight excluding hydrogens is 251 g/mol. The van der Waals surface area contributed by atoms with Crippen LogP contribution in [0.15, 0.2) is 0 Å². The molecule has 0 fully saturated rings. The number of hydrogen-bond donors (Lipinski definition) is 3. The molecule has 0 heterocycles. The van der Waals surface area contributed by atoms with Crippen molar-refractivity contribution in [3.63, 3.8) is 0 Å². The van der Waals surface area contributed by atoms with Gasteiger partial charge in [-0.1, -0.05) is 0 Å². The molecule has 0 saturated heterocycles.